The van der Waals surface area contributed by atoms with Gasteiger partial charge in [-0.3, -0.25) is 4.79 Å². The molecular weight excluding hydrogens is 312 g/mol. The highest BCUT2D eigenvalue weighted by molar-refractivity contribution is 5.88. The number of benzene rings is 1. The van der Waals surface area contributed by atoms with Crippen molar-refractivity contribution < 1.29 is 18.3 Å². The molecular formula is C19H25F2NO2. The summed E-state index contributed by atoms with van der Waals surface area (Å²) in [6, 6.07) is 3.49. The van der Waals surface area contributed by atoms with E-state index in [0.29, 0.717) is 32.6 Å². The van der Waals surface area contributed by atoms with Crippen molar-refractivity contribution in [3.05, 3.63) is 35.4 Å². The van der Waals surface area contributed by atoms with Gasteiger partial charge in [0.2, 0.25) is 5.91 Å². The molecule has 1 saturated heterocycles. The van der Waals surface area contributed by atoms with Crippen molar-refractivity contribution in [1.29, 1.82) is 0 Å². The summed E-state index contributed by atoms with van der Waals surface area (Å²) in [5.74, 6) is -1.44. The Labute approximate surface area is 141 Å². The summed E-state index contributed by atoms with van der Waals surface area (Å²) >= 11 is 0. The first kappa shape index (κ1) is 17.3. The van der Waals surface area contributed by atoms with Crippen molar-refractivity contribution in [2.24, 2.45) is 5.41 Å². The number of carbonyl (C=O) groups is 1. The first-order chi connectivity index (χ1) is 11.5. The SMILES string of the molecule is CC1(CNC(=O)C2(c3ccc(F)cc3F)CCOCC2)CCCC1. The average molecular weight is 337 g/mol. The van der Waals surface area contributed by atoms with E-state index in [4.69, 9.17) is 4.74 Å². The third kappa shape index (κ3) is 3.32. The number of hydrogen-bond donors (Lipinski definition) is 1. The predicted molar refractivity (Wildman–Crippen MR) is 87.7 cm³/mol. The van der Waals surface area contributed by atoms with E-state index in [1.54, 1.807) is 0 Å². The van der Waals surface area contributed by atoms with Crippen LogP contribution in [-0.2, 0) is 14.9 Å². The maximum atomic E-state index is 14.4. The van der Waals surface area contributed by atoms with Gasteiger partial charge in [-0.05, 0) is 37.2 Å². The lowest BCUT2D eigenvalue weighted by Crippen LogP contribution is -2.50. The molecule has 1 aromatic rings. The minimum Gasteiger partial charge on any atom is -0.381 e. The van der Waals surface area contributed by atoms with Crippen molar-refractivity contribution in [1.82, 2.24) is 5.32 Å². The Morgan fingerprint density at radius 3 is 2.46 bits per heavy atom. The summed E-state index contributed by atoms with van der Waals surface area (Å²) in [7, 11) is 0. The molecule has 0 radical (unpaired) electrons. The summed E-state index contributed by atoms with van der Waals surface area (Å²) < 4.78 is 33.1. The Balaban J connectivity index is 1.83. The molecule has 1 saturated carbocycles. The Morgan fingerprint density at radius 1 is 1.17 bits per heavy atom. The molecule has 24 heavy (non-hydrogen) atoms. The van der Waals surface area contributed by atoms with E-state index in [2.05, 4.69) is 12.2 Å². The number of ether oxygens (including phenoxy) is 1. The van der Waals surface area contributed by atoms with Gasteiger partial charge in [0.15, 0.2) is 0 Å². The van der Waals surface area contributed by atoms with Gasteiger partial charge in [0.1, 0.15) is 11.6 Å². The van der Waals surface area contributed by atoms with E-state index in [1.807, 2.05) is 0 Å². The number of nitrogens with one attached hydrogen (secondary N) is 1. The molecule has 1 heterocycles. The molecule has 5 heteroatoms. The van der Waals surface area contributed by atoms with E-state index >= 15 is 0 Å². The number of halogens is 2. The van der Waals surface area contributed by atoms with E-state index in [1.165, 1.54) is 25.0 Å². The van der Waals surface area contributed by atoms with Crippen LogP contribution >= 0.6 is 0 Å². The van der Waals surface area contributed by atoms with E-state index in [9.17, 15) is 13.6 Å². The summed E-state index contributed by atoms with van der Waals surface area (Å²) in [6.45, 7) is 3.61. The molecule has 1 amide bonds. The van der Waals surface area contributed by atoms with Crippen molar-refractivity contribution in [2.45, 2.75) is 50.9 Å². The van der Waals surface area contributed by atoms with Gasteiger partial charge in [-0.1, -0.05) is 25.8 Å². The maximum Gasteiger partial charge on any atom is 0.230 e. The van der Waals surface area contributed by atoms with Crippen LogP contribution in [0.15, 0.2) is 18.2 Å². The van der Waals surface area contributed by atoms with Crippen molar-refractivity contribution >= 4 is 5.91 Å². The van der Waals surface area contributed by atoms with E-state index in [-0.39, 0.29) is 16.9 Å². The first-order valence-corrected chi connectivity index (χ1v) is 8.77. The molecule has 1 N–H and O–H groups in total. The maximum absolute atomic E-state index is 14.4. The van der Waals surface area contributed by atoms with Gasteiger partial charge in [-0.2, -0.15) is 0 Å². The molecule has 1 aliphatic heterocycles. The molecule has 1 aromatic carbocycles. The first-order valence-electron chi connectivity index (χ1n) is 8.77. The lowest BCUT2D eigenvalue weighted by molar-refractivity contribution is -0.131. The highest BCUT2D eigenvalue weighted by Gasteiger charge is 2.44. The summed E-state index contributed by atoms with van der Waals surface area (Å²) in [6.07, 6.45) is 5.43. The van der Waals surface area contributed by atoms with Crippen molar-refractivity contribution in [3.8, 4) is 0 Å². The minimum atomic E-state index is -0.967. The zero-order chi connectivity index (χ0) is 17.2. The number of rotatable bonds is 4. The second-order valence-corrected chi connectivity index (χ2v) is 7.52. The van der Waals surface area contributed by atoms with Gasteiger partial charge in [-0.15, -0.1) is 0 Å². The van der Waals surface area contributed by atoms with Gasteiger partial charge >= 0.3 is 0 Å². The Bertz CT molecular complexity index is 605. The molecule has 1 aliphatic carbocycles. The molecule has 0 atom stereocenters. The molecule has 0 unspecified atom stereocenters. The zero-order valence-electron chi connectivity index (χ0n) is 14.2. The predicted octanol–water partition coefficient (Wildman–Crippen LogP) is 3.71. The van der Waals surface area contributed by atoms with Crippen LogP contribution in [0.5, 0.6) is 0 Å². The lowest BCUT2D eigenvalue weighted by Gasteiger charge is -2.37. The van der Waals surface area contributed by atoms with E-state index < -0.39 is 17.0 Å². The smallest absolute Gasteiger partial charge is 0.230 e. The van der Waals surface area contributed by atoms with Gasteiger partial charge < -0.3 is 10.1 Å². The van der Waals surface area contributed by atoms with Gasteiger partial charge in [0.25, 0.3) is 0 Å². The second-order valence-electron chi connectivity index (χ2n) is 7.52. The normalized spacial score (nSPS) is 22.3. The quantitative estimate of drug-likeness (QED) is 0.909. The fraction of sp³-hybridized carbons (Fsp3) is 0.632. The number of carbonyl (C=O) groups excluding carboxylic acids is 1. The summed E-state index contributed by atoms with van der Waals surface area (Å²) in [4.78, 5) is 13.0. The van der Waals surface area contributed by atoms with Crippen molar-refractivity contribution in [3.63, 3.8) is 0 Å². The van der Waals surface area contributed by atoms with Crippen LogP contribution in [0.25, 0.3) is 0 Å². The molecule has 3 nitrogen and oxygen atoms in total. The van der Waals surface area contributed by atoms with Crippen LogP contribution in [0.1, 0.15) is 51.0 Å². The molecule has 0 bridgehead atoms. The van der Waals surface area contributed by atoms with Crippen LogP contribution in [0.3, 0.4) is 0 Å². The molecule has 0 spiro atoms. The topological polar surface area (TPSA) is 38.3 Å². The highest BCUT2D eigenvalue weighted by Crippen LogP contribution is 2.39. The molecule has 132 valence electrons. The standard InChI is InChI=1S/C19H25F2NO2/c1-18(6-2-3-7-18)13-22-17(23)19(8-10-24-11-9-19)15-5-4-14(20)12-16(15)21/h4-5,12H,2-3,6-11,13H2,1H3,(H,22,23). The van der Waals surface area contributed by atoms with Crippen LogP contribution in [0.4, 0.5) is 8.78 Å². The van der Waals surface area contributed by atoms with Crippen LogP contribution in [0, 0.1) is 17.0 Å². The lowest BCUT2D eigenvalue weighted by atomic mass is 9.72. The van der Waals surface area contributed by atoms with Crippen LogP contribution in [-0.4, -0.2) is 25.7 Å². The molecule has 0 aromatic heterocycles. The number of hydrogen-bond acceptors (Lipinski definition) is 2. The fourth-order valence-electron chi connectivity index (χ4n) is 4.08. The Hall–Kier alpha value is -1.49. The molecule has 2 fully saturated rings. The van der Waals surface area contributed by atoms with Crippen molar-refractivity contribution in [2.75, 3.05) is 19.8 Å². The average Bonchev–Trinajstić information content (AvgIpc) is 3.00. The van der Waals surface area contributed by atoms with Crippen LogP contribution < -0.4 is 5.32 Å². The van der Waals surface area contributed by atoms with E-state index in [0.717, 1.165) is 18.9 Å². The Kier molecular flexibility index (Phi) is 4.90. The highest BCUT2D eigenvalue weighted by atomic mass is 19.1. The number of amides is 1. The van der Waals surface area contributed by atoms with Gasteiger partial charge in [-0.25, -0.2) is 8.78 Å². The van der Waals surface area contributed by atoms with Gasteiger partial charge in [0.05, 0.1) is 5.41 Å². The third-order valence-electron chi connectivity index (χ3n) is 5.71. The second kappa shape index (κ2) is 6.79. The summed E-state index contributed by atoms with van der Waals surface area (Å²) in [5, 5.41) is 3.06. The monoisotopic (exact) mass is 337 g/mol. The third-order valence-corrected chi connectivity index (χ3v) is 5.71. The van der Waals surface area contributed by atoms with Gasteiger partial charge in [0, 0.05) is 31.4 Å². The minimum absolute atomic E-state index is 0.128. The summed E-state index contributed by atoms with van der Waals surface area (Å²) in [5.41, 5.74) is -0.560. The molecule has 3 rings (SSSR count). The fourth-order valence-corrected chi connectivity index (χ4v) is 4.08. The molecule has 2 aliphatic rings. The van der Waals surface area contributed by atoms with Crippen LogP contribution in [0.2, 0.25) is 0 Å². The zero-order valence-corrected chi connectivity index (χ0v) is 14.2. The largest absolute Gasteiger partial charge is 0.381 e. The Morgan fingerprint density at radius 2 is 1.83 bits per heavy atom.